The second-order valence-electron chi connectivity index (χ2n) is 10.4. The molecule has 21 nitrogen and oxygen atoms in total. The zero-order valence-electron chi connectivity index (χ0n) is 27.3. The molecule has 0 fully saturated rings. The molecule has 0 bridgehead atoms. The third-order valence-electron chi connectivity index (χ3n) is 6.45. The number of nitrogens with two attached hydrogens (primary N) is 1. The Kier molecular flexibility index (Phi) is 26.6. The Hall–Kier alpha value is -4.44. The van der Waals surface area contributed by atoms with Gasteiger partial charge in [-0.15, -0.1) is 0 Å². The molecule has 0 unspecified atom stereocenters. The maximum Gasteiger partial charge on any atom is 0.317 e. The van der Waals surface area contributed by atoms with Gasteiger partial charge in [-0.1, -0.05) is 20.8 Å². The van der Waals surface area contributed by atoms with Gasteiger partial charge in [0.1, 0.15) is 0 Å². The molecule has 0 aromatic heterocycles. The monoisotopic (exact) mass is 699 g/mol. The number of nitrogens with zero attached hydrogens (tertiary/aromatic N) is 4. The molecule has 10 N–H and O–H groups in total. The van der Waals surface area contributed by atoms with Crippen LogP contribution in [-0.2, 0) is 38.4 Å². The predicted octanol–water partition coefficient (Wildman–Crippen LogP) is -2.23. The van der Waals surface area contributed by atoms with Crippen molar-refractivity contribution >= 4 is 47.8 Å². The Morgan fingerprint density at radius 3 is 0.562 bits per heavy atom. The largest absolute Gasteiger partial charge is 0.480 e. The number of carboxylic acid groups (broad SMARTS) is 8. The van der Waals surface area contributed by atoms with Gasteiger partial charge in [0.05, 0.1) is 52.4 Å². The van der Waals surface area contributed by atoms with Gasteiger partial charge in [0, 0.05) is 31.7 Å². The molecule has 0 aliphatic carbocycles. The van der Waals surface area contributed by atoms with Gasteiger partial charge in [0.15, 0.2) is 0 Å². The fourth-order valence-corrected chi connectivity index (χ4v) is 3.70. The SMILES string of the molecule is CCC(N)(CC)CC.O=C(O)CN(CCN(CC(=O)O)CC(=O)O)CC(=O)O.O=C(O)CN(CCN(CC(=O)O)CC(=O)O)CC(=O)O. The molecule has 278 valence electrons. The third-order valence-corrected chi connectivity index (χ3v) is 6.45. The molecule has 0 heterocycles. The van der Waals surface area contributed by atoms with Gasteiger partial charge >= 0.3 is 47.8 Å². The van der Waals surface area contributed by atoms with E-state index in [4.69, 9.17) is 46.6 Å². The number of carboxylic acids is 8. The lowest BCUT2D eigenvalue weighted by atomic mass is 9.92. The number of hydrogen-bond donors (Lipinski definition) is 9. The van der Waals surface area contributed by atoms with Gasteiger partial charge < -0.3 is 46.6 Å². The highest BCUT2D eigenvalue weighted by atomic mass is 16.4. The summed E-state index contributed by atoms with van der Waals surface area (Å²) in [6, 6.07) is 0. The van der Waals surface area contributed by atoms with Gasteiger partial charge in [-0.2, -0.15) is 0 Å². The summed E-state index contributed by atoms with van der Waals surface area (Å²) in [5.74, 6) is -9.82. The van der Waals surface area contributed by atoms with E-state index in [1.807, 2.05) is 0 Å². The first-order valence-corrected chi connectivity index (χ1v) is 14.5. The van der Waals surface area contributed by atoms with Crippen molar-refractivity contribution in [3.63, 3.8) is 0 Å². The Balaban J connectivity index is -0.000000689. The second-order valence-corrected chi connectivity index (χ2v) is 10.4. The molecule has 48 heavy (non-hydrogen) atoms. The molecular formula is C27H49N5O16. The maximum atomic E-state index is 10.6. The van der Waals surface area contributed by atoms with E-state index in [2.05, 4.69) is 20.8 Å². The minimum absolute atomic E-state index is 0.0703. The van der Waals surface area contributed by atoms with Crippen molar-refractivity contribution in [2.24, 2.45) is 5.73 Å². The zero-order valence-corrected chi connectivity index (χ0v) is 27.3. The first kappa shape index (κ1) is 48.0. The van der Waals surface area contributed by atoms with Crippen LogP contribution in [0.15, 0.2) is 0 Å². The number of carbonyl (C=O) groups is 8. The lowest BCUT2D eigenvalue weighted by Crippen LogP contribution is -2.43. The Labute approximate surface area is 276 Å². The summed E-state index contributed by atoms with van der Waals surface area (Å²) in [5.41, 5.74) is 6.02. The molecule has 0 aliphatic rings. The van der Waals surface area contributed by atoms with Crippen LogP contribution < -0.4 is 5.73 Å². The second kappa shape index (κ2) is 26.6. The summed E-state index contributed by atoms with van der Waals surface area (Å²) >= 11 is 0. The summed E-state index contributed by atoms with van der Waals surface area (Å²) in [6.07, 6.45) is 3.29. The molecule has 0 saturated carbocycles. The van der Waals surface area contributed by atoms with Crippen molar-refractivity contribution in [2.75, 3.05) is 78.5 Å². The van der Waals surface area contributed by atoms with E-state index in [0.717, 1.165) is 38.9 Å². The molecule has 0 atom stereocenters. The van der Waals surface area contributed by atoms with E-state index in [-0.39, 0.29) is 31.7 Å². The van der Waals surface area contributed by atoms with Gasteiger partial charge in [-0.05, 0) is 19.3 Å². The Morgan fingerprint density at radius 2 is 0.500 bits per heavy atom. The van der Waals surface area contributed by atoms with Crippen LogP contribution in [0.25, 0.3) is 0 Å². The average Bonchev–Trinajstić information content (AvgIpc) is 2.92. The van der Waals surface area contributed by atoms with Crippen molar-refractivity contribution in [1.82, 2.24) is 19.6 Å². The smallest absolute Gasteiger partial charge is 0.317 e. The molecular weight excluding hydrogens is 650 g/mol. The van der Waals surface area contributed by atoms with E-state index < -0.39 is 100 Å². The summed E-state index contributed by atoms with van der Waals surface area (Å²) in [6.45, 7) is 1.94. The van der Waals surface area contributed by atoms with E-state index in [0.29, 0.717) is 0 Å². The topological polar surface area (TPSA) is 337 Å². The summed E-state index contributed by atoms with van der Waals surface area (Å²) in [7, 11) is 0. The number of rotatable bonds is 25. The fraction of sp³-hybridized carbons (Fsp3) is 0.704. The van der Waals surface area contributed by atoms with Gasteiger partial charge in [-0.25, -0.2) is 0 Å². The van der Waals surface area contributed by atoms with Crippen molar-refractivity contribution in [3.05, 3.63) is 0 Å². The van der Waals surface area contributed by atoms with Crippen molar-refractivity contribution in [2.45, 2.75) is 45.6 Å². The van der Waals surface area contributed by atoms with E-state index in [1.54, 1.807) is 0 Å². The Bertz CT molecular complexity index is 837. The fourth-order valence-electron chi connectivity index (χ4n) is 3.70. The first-order valence-electron chi connectivity index (χ1n) is 14.5. The summed E-state index contributed by atoms with van der Waals surface area (Å²) < 4.78 is 0. The van der Waals surface area contributed by atoms with Crippen LogP contribution in [0.3, 0.4) is 0 Å². The number of hydrogen-bond acceptors (Lipinski definition) is 13. The first-order chi connectivity index (χ1) is 22.1. The molecule has 0 amide bonds. The molecule has 0 aromatic carbocycles. The van der Waals surface area contributed by atoms with Gasteiger partial charge in [0.25, 0.3) is 0 Å². The van der Waals surface area contributed by atoms with Crippen molar-refractivity contribution in [3.8, 4) is 0 Å². The van der Waals surface area contributed by atoms with Crippen LogP contribution in [0.5, 0.6) is 0 Å². The molecule has 0 rings (SSSR count). The van der Waals surface area contributed by atoms with Crippen LogP contribution in [0, 0.1) is 0 Å². The highest BCUT2D eigenvalue weighted by Crippen LogP contribution is 2.14. The highest BCUT2D eigenvalue weighted by Gasteiger charge is 2.19. The molecule has 0 radical (unpaired) electrons. The van der Waals surface area contributed by atoms with Gasteiger partial charge in [0.2, 0.25) is 0 Å². The molecule has 0 spiro atoms. The van der Waals surface area contributed by atoms with Crippen LogP contribution in [-0.4, -0.2) is 192 Å². The minimum Gasteiger partial charge on any atom is -0.480 e. The predicted molar refractivity (Wildman–Crippen MR) is 165 cm³/mol. The summed E-state index contributed by atoms with van der Waals surface area (Å²) in [4.78, 5) is 88.7. The standard InChI is InChI=1S/2C10H16N2O8.C7H17N/c2*13-7(14)3-11(4-8(15)16)1-2-12(5-9(17)18)6-10(19)20;1-4-7(8,5-2)6-3/h2*1-6H2,(H,13,14)(H,15,16)(H,17,18)(H,19,20);4-6,8H2,1-3H3. The minimum atomic E-state index is -1.23. The normalized spacial score (nSPS) is 10.9. The Morgan fingerprint density at radius 1 is 0.375 bits per heavy atom. The van der Waals surface area contributed by atoms with E-state index >= 15 is 0 Å². The van der Waals surface area contributed by atoms with Crippen LogP contribution in [0.2, 0.25) is 0 Å². The lowest BCUT2D eigenvalue weighted by molar-refractivity contribution is -0.145. The highest BCUT2D eigenvalue weighted by molar-refractivity contribution is 5.74. The van der Waals surface area contributed by atoms with Crippen LogP contribution in [0.1, 0.15) is 40.0 Å². The molecule has 0 aliphatic heterocycles. The quantitative estimate of drug-likeness (QED) is 0.0487. The molecule has 21 heteroatoms. The van der Waals surface area contributed by atoms with Crippen molar-refractivity contribution < 1.29 is 79.2 Å². The average molecular weight is 700 g/mol. The lowest BCUT2D eigenvalue weighted by Gasteiger charge is -2.23. The molecule has 0 saturated heterocycles. The number of aliphatic carboxylic acids is 8. The van der Waals surface area contributed by atoms with E-state index in [9.17, 15) is 38.4 Å². The summed E-state index contributed by atoms with van der Waals surface area (Å²) in [5, 5.41) is 68.9. The molecule has 0 aromatic rings. The third kappa shape index (κ3) is 31.5. The van der Waals surface area contributed by atoms with E-state index in [1.165, 1.54) is 0 Å². The van der Waals surface area contributed by atoms with Crippen LogP contribution in [0.4, 0.5) is 0 Å². The zero-order chi connectivity index (χ0) is 38.0. The maximum absolute atomic E-state index is 10.6. The van der Waals surface area contributed by atoms with Crippen LogP contribution >= 0.6 is 0 Å². The van der Waals surface area contributed by atoms with Crippen molar-refractivity contribution in [1.29, 1.82) is 0 Å². The van der Waals surface area contributed by atoms with Gasteiger partial charge in [-0.3, -0.25) is 58.0 Å².